The molecule has 1 aromatic carbocycles. The normalized spacial score (nSPS) is 19.0. The highest BCUT2D eigenvalue weighted by atomic mass is 16.5. The van der Waals surface area contributed by atoms with E-state index in [1.807, 2.05) is 25.1 Å². The Balaban J connectivity index is 1.59. The molecule has 1 fully saturated rings. The third-order valence-corrected chi connectivity index (χ3v) is 5.45. The second kappa shape index (κ2) is 7.64. The van der Waals surface area contributed by atoms with Crippen LogP contribution in [-0.4, -0.2) is 37.8 Å². The molecule has 1 aliphatic carbocycles. The van der Waals surface area contributed by atoms with Crippen molar-refractivity contribution in [1.29, 1.82) is 0 Å². The van der Waals surface area contributed by atoms with E-state index in [2.05, 4.69) is 11.4 Å². The predicted octanol–water partition coefficient (Wildman–Crippen LogP) is 3.94. The number of carbonyl (C=O) groups excluding carboxylic acids is 1. The largest absolute Gasteiger partial charge is 0.495 e. The van der Waals surface area contributed by atoms with E-state index < -0.39 is 0 Å². The fraction of sp³-hybridized carbons (Fsp3) is 0.476. The highest BCUT2D eigenvalue weighted by Crippen LogP contribution is 2.37. The lowest BCUT2D eigenvalue weighted by atomic mass is 10.1. The van der Waals surface area contributed by atoms with Crippen molar-refractivity contribution in [2.75, 3.05) is 32.2 Å². The number of urea groups is 1. The van der Waals surface area contributed by atoms with Crippen LogP contribution in [0.3, 0.4) is 0 Å². The number of hydrogen-bond donors (Lipinski definition) is 1. The zero-order chi connectivity index (χ0) is 18.8. The molecule has 0 saturated carbocycles. The molecule has 1 aliphatic heterocycles. The lowest BCUT2D eigenvalue weighted by molar-refractivity contribution is 0.00700. The van der Waals surface area contributed by atoms with Gasteiger partial charge in [-0.25, -0.2) is 4.79 Å². The summed E-state index contributed by atoms with van der Waals surface area (Å²) in [5.74, 6) is 2.39. The van der Waals surface area contributed by atoms with Crippen molar-refractivity contribution in [1.82, 2.24) is 4.90 Å². The van der Waals surface area contributed by atoms with E-state index in [4.69, 9.17) is 13.9 Å². The average molecular weight is 370 g/mol. The molecule has 6 nitrogen and oxygen atoms in total. The first-order valence-corrected chi connectivity index (χ1v) is 9.64. The number of rotatable bonds is 4. The van der Waals surface area contributed by atoms with Gasteiger partial charge in [0.05, 0.1) is 26.0 Å². The number of carbonyl (C=O) groups is 1. The molecule has 2 amide bonds. The summed E-state index contributed by atoms with van der Waals surface area (Å²) in [6, 6.07) is 7.59. The van der Waals surface area contributed by atoms with E-state index >= 15 is 0 Å². The van der Waals surface area contributed by atoms with E-state index in [1.165, 1.54) is 11.1 Å². The lowest BCUT2D eigenvalue weighted by Crippen LogP contribution is -2.45. The van der Waals surface area contributed by atoms with Gasteiger partial charge in [0.25, 0.3) is 0 Å². The Morgan fingerprint density at radius 3 is 2.96 bits per heavy atom. The van der Waals surface area contributed by atoms with Crippen LogP contribution in [-0.2, 0) is 24.0 Å². The van der Waals surface area contributed by atoms with Crippen molar-refractivity contribution in [3.05, 3.63) is 46.9 Å². The number of furan rings is 1. The molecule has 1 saturated heterocycles. The summed E-state index contributed by atoms with van der Waals surface area (Å²) in [6.45, 7) is 3.53. The Morgan fingerprint density at radius 1 is 1.30 bits per heavy atom. The summed E-state index contributed by atoms with van der Waals surface area (Å²) >= 11 is 0. The van der Waals surface area contributed by atoms with Gasteiger partial charge in [0.1, 0.15) is 23.3 Å². The van der Waals surface area contributed by atoms with Gasteiger partial charge in [-0.05, 0) is 48.6 Å². The van der Waals surface area contributed by atoms with Crippen LogP contribution in [0.1, 0.15) is 42.0 Å². The topological polar surface area (TPSA) is 63.9 Å². The SMILES string of the molecule is CCc1ccc([C@@H]2COCCN2C(=O)Nc2c(OC)ccc3c2CCC3)o1. The third-order valence-electron chi connectivity index (χ3n) is 5.45. The Morgan fingerprint density at radius 2 is 2.19 bits per heavy atom. The Bertz CT molecular complexity index is 830. The number of ether oxygens (including phenoxy) is 2. The number of nitrogens with one attached hydrogen (secondary N) is 1. The Hall–Kier alpha value is -2.47. The van der Waals surface area contributed by atoms with Crippen LogP contribution in [0, 0.1) is 0 Å². The summed E-state index contributed by atoms with van der Waals surface area (Å²) in [5.41, 5.74) is 3.29. The van der Waals surface area contributed by atoms with Gasteiger partial charge in [-0.2, -0.15) is 0 Å². The van der Waals surface area contributed by atoms with Gasteiger partial charge in [-0.15, -0.1) is 0 Å². The van der Waals surface area contributed by atoms with Gasteiger partial charge in [-0.1, -0.05) is 13.0 Å². The summed E-state index contributed by atoms with van der Waals surface area (Å²) in [5, 5.41) is 3.12. The molecule has 0 radical (unpaired) electrons. The van der Waals surface area contributed by atoms with Crippen LogP contribution in [0.25, 0.3) is 0 Å². The van der Waals surface area contributed by atoms with Crippen LogP contribution < -0.4 is 10.1 Å². The first kappa shape index (κ1) is 17.9. The molecule has 6 heteroatoms. The second-order valence-electron chi connectivity index (χ2n) is 7.01. The fourth-order valence-electron chi connectivity index (χ4n) is 3.98. The van der Waals surface area contributed by atoms with Gasteiger partial charge in [0, 0.05) is 13.0 Å². The van der Waals surface area contributed by atoms with Crippen LogP contribution >= 0.6 is 0 Å². The molecule has 0 unspecified atom stereocenters. The van der Waals surface area contributed by atoms with E-state index in [0.717, 1.165) is 42.9 Å². The average Bonchev–Trinajstić information content (AvgIpc) is 3.37. The molecule has 2 aromatic rings. The number of aryl methyl sites for hydroxylation is 2. The summed E-state index contributed by atoms with van der Waals surface area (Å²) in [7, 11) is 1.64. The zero-order valence-corrected chi connectivity index (χ0v) is 15.9. The van der Waals surface area contributed by atoms with Crippen molar-refractivity contribution >= 4 is 11.7 Å². The zero-order valence-electron chi connectivity index (χ0n) is 15.9. The van der Waals surface area contributed by atoms with Gasteiger partial charge >= 0.3 is 6.03 Å². The van der Waals surface area contributed by atoms with Crippen molar-refractivity contribution in [3.63, 3.8) is 0 Å². The number of amides is 2. The number of benzene rings is 1. The molecule has 1 aromatic heterocycles. The standard InChI is InChI=1S/C21H26N2O4/c1-3-15-8-10-18(27-15)17-13-26-12-11-23(17)21(24)22-20-16-6-4-5-14(16)7-9-19(20)25-2/h7-10,17H,3-6,11-13H2,1-2H3,(H,22,24)/t17-/m0/s1. The number of nitrogens with zero attached hydrogens (tertiary/aromatic N) is 1. The molecule has 2 heterocycles. The molecular formula is C21H26N2O4. The van der Waals surface area contributed by atoms with Crippen LogP contribution in [0.5, 0.6) is 5.75 Å². The maximum absolute atomic E-state index is 13.2. The van der Waals surface area contributed by atoms with Gasteiger partial charge < -0.3 is 24.1 Å². The minimum atomic E-state index is -0.221. The minimum Gasteiger partial charge on any atom is -0.495 e. The maximum Gasteiger partial charge on any atom is 0.322 e. The molecule has 0 bridgehead atoms. The first-order valence-electron chi connectivity index (χ1n) is 9.64. The van der Waals surface area contributed by atoms with E-state index in [1.54, 1.807) is 12.0 Å². The first-order chi connectivity index (χ1) is 13.2. The van der Waals surface area contributed by atoms with Gasteiger partial charge in [0.15, 0.2) is 0 Å². The Labute approximate surface area is 159 Å². The van der Waals surface area contributed by atoms with Crippen molar-refractivity contribution in [3.8, 4) is 5.75 Å². The van der Waals surface area contributed by atoms with Crippen molar-refractivity contribution in [2.45, 2.75) is 38.6 Å². The molecular weight excluding hydrogens is 344 g/mol. The lowest BCUT2D eigenvalue weighted by Gasteiger charge is -2.34. The monoisotopic (exact) mass is 370 g/mol. The smallest absolute Gasteiger partial charge is 0.322 e. The van der Waals surface area contributed by atoms with E-state index in [9.17, 15) is 4.79 Å². The highest BCUT2D eigenvalue weighted by Gasteiger charge is 2.32. The number of hydrogen-bond acceptors (Lipinski definition) is 4. The highest BCUT2D eigenvalue weighted by molar-refractivity contribution is 5.92. The van der Waals surface area contributed by atoms with Crippen molar-refractivity contribution in [2.24, 2.45) is 0 Å². The summed E-state index contributed by atoms with van der Waals surface area (Å²) < 4.78 is 17.0. The molecule has 1 atom stereocenters. The molecule has 4 rings (SSSR count). The van der Waals surface area contributed by atoms with Crippen LogP contribution in [0.4, 0.5) is 10.5 Å². The van der Waals surface area contributed by atoms with Gasteiger partial charge in [-0.3, -0.25) is 0 Å². The quantitative estimate of drug-likeness (QED) is 0.885. The summed E-state index contributed by atoms with van der Waals surface area (Å²) in [6.07, 6.45) is 3.95. The third kappa shape index (κ3) is 3.41. The number of anilines is 1. The molecule has 2 aliphatic rings. The fourth-order valence-corrected chi connectivity index (χ4v) is 3.98. The van der Waals surface area contributed by atoms with E-state index in [0.29, 0.717) is 25.5 Å². The predicted molar refractivity (Wildman–Crippen MR) is 102 cm³/mol. The van der Waals surface area contributed by atoms with Gasteiger partial charge in [0.2, 0.25) is 0 Å². The molecule has 144 valence electrons. The molecule has 27 heavy (non-hydrogen) atoms. The number of morpholine rings is 1. The number of methoxy groups -OCH3 is 1. The van der Waals surface area contributed by atoms with E-state index in [-0.39, 0.29) is 12.1 Å². The minimum absolute atomic E-state index is 0.142. The molecule has 0 spiro atoms. The Kier molecular flexibility index (Phi) is 5.07. The van der Waals surface area contributed by atoms with Crippen LogP contribution in [0.15, 0.2) is 28.7 Å². The second-order valence-corrected chi connectivity index (χ2v) is 7.01. The maximum atomic E-state index is 13.2. The number of fused-ring (bicyclic) bond motifs is 1. The van der Waals surface area contributed by atoms with Crippen molar-refractivity contribution < 1.29 is 18.7 Å². The van der Waals surface area contributed by atoms with Crippen LogP contribution in [0.2, 0.25) is 0 Å². The summed E-state index contributed by atoms with van der Waals surface area (Å²) in [4.78, 5) is 15.0. The molecule has 1 N–H and O–H groups in total.